The largest absolute Gasteiger partial charge is 0.399 e. The molecule has 2 N–H and O–H groups in total. The van der Waals surface area contributed by atoms with E-state index in [0.717, 1.165) is 11.3 Å². The molecule has 102 valence electrons. The number of aromatic nitrogens is 4. The molecule has 0 amide bonds. The fraction of sp³-hybridized carbons (Fsp3) is 0.0667. The minimum absolute atomic E-state index is 0.453. The number of nitrogen functional groups attached to an aromatic ring is 1. The summed E-state index contributed by atoms with van der Waals surface area (Å²) in [6.07, 6.45) is 1.55. The van der Waals surface area contributed by atoms with E-state index in [1.54, 1.807) is 30.6 Å². The quantitative estimate of drug-likeness (QED) is 0.723. The Hall–Kier alpha value is -3.20. The van der Waals surface area contributed by atoms with E-state index in [1.807, 2.05) is 19.1 Å². The second kappa shape index (κ2) is 5.06. The van der Waals surface area contributed by atoms with Crippen LogP contribution in [0.25, 0.3) is 17.2 Å². The number of hydrogen-bond donors (Lipinski definition) is 1. The highest BCUT2D eigenvalue weighted by Crippen LogP contribution is 2.18. The van der Waals surface area contributed by atoms with Crippen LogP contribution in [0.15, 0.2) is 42.7 Å². The summed E-state index contributed by atoms with van der Waals surface area (Å²) < 4.78 is 1.51. The highest BCUT2D eigenvalue weighted by atomic mass is 15.4. The third-order valence-corrected chi connectivity index (χ3v) is 3.01. The van der Waals surface area contributed by atoms with E-state index in [0.29, 0.717) is 22.9 Å². The summed E-state index contributed by atoms with van der Waals surface area (Å²) in [5.41, 5.74) is 8.47. The molecule has 0 bridgehead atoms. The van der Waals surface area contributed by atoms with E-state index in [9.17, 15) is 0 Å². The van der Waals surface area contributed by atoms with Gasteiger partial charge in [0, 0.05) is 16.9 Å². The summed E-state index contributed by atoms with van der Waals surface area (Å²) in [5.74, 6) is 1.04. The van der Waals surface area contributed by atoms with Crippen molar-refractivity contribution in [1.82, 2.24) is 19.7 Å². The topological polar surface area (TPSA) is 93.4 Å². The maximum atomic E-state index is 9.16. The predicted octanol–water partition coefficient (Wildman–Crippen LogP) is 2.09. The number of pyridine rings is 1. The Balaban J connectivity index is 2.05. The molecule has 0 spiro atoms. The van der Waals surface area contributed by atoms with Crippen LogP contribution in [0, 0.1) is 18.3 Å². The molecule has 0 aliphatic heterocycles. The minimum Gasteiger partial charge on any atom is -0.399 e. The molecule has 21 heavy (non-hydrogen) atoms. The molecule has 1 aromatic carbocycles. The van der Waals surface area contributed by atoms with Crippen molar-refractivity contribution < 1.29 is 0 Å². The van der Waals surface area contributed by atoms with Crippen molar-refractivity contribution in [3.05, 3.63) is 54.0 Å². The zero-order valence-corrected chi connectivity index (χ0v) is 11.4. The van der Waals surface area contributed by atoms with Gasteiger partial charge in [0.15, 0.2) is 11.6 Å². The molecule has 0 aliphatic rings. The van der Waals surface area contributed by atoms with Crippen molar-refractivity contribution in [1.29, 1.82) is 5.26 Å². The van der Waals surface area contributed by atoms with Crippen LogP contribution >= 0.6 is 0 Å². The SMILES string of the molecule is Cc1ccc(C#N)c(-n2cnc(-c3ccc(N)cc3)n2)n1. The lowest BCUT2D eigenvalue weighted by atomic mass is 10.2. The molecule has 3 aromatic rings. The Morgan fingerprint density at radius 3 is 2.62 bits per heavy atom. The number of nitriles is 1. The number of aryl methyl sites for hydroxylation is 1. The second-order valence-corrected chi connectivity index (χ2v) is 4.57. The zero-order chi connectivity index (χ0) is 14.8. The van der Waals surface area contributed by atoms with Crippen molar-refractivity contribution in [2.75, 3.05) is 5.73 Å². The summed E-state index contributed by atoms with van der Waals surface area (Å²) in [5, 5.41) is 13.5. The molecule has 6 nitrogen and oxygen atoms in total. The highest BCUT2D eigenvalue weighted by Gasteiger charge is 2.10. The fourth-order valence-electron chi connectivity index (χ4n) is 1.93. The summed E-state index contributed by atoms with van der Waals surface area (Å²) in [6.45, 7) is 1.86. The van der Waals surface area contributed by atoms with Gasteiger partial charge in [-0.3, -0.25) is 0 Å². The molecule has 0 saturated carbocycles. The lowest BCUT2D eigenvalue weighted by molar-refractivity contribution is 0.838. The van der Waals surface area contributed by atoms with Crippen LogP contribution < -0.4 is 5.73 Å². The zero-order valence-electron chi connectivity index (χ0n) is 11.4. The fourth-order valence-corrected chi connectivity index (χ4v) is 1.93. The van der Waals surface area contributed by atoms with Crippen LogP contribution in [-0.4, -0.2) is 19.7 Å². The Bertz CT molecular complexity index is 826. The molecular formula is C15H12N6. The molecule has 6 heteroatoms. The van der Waals surface area contributed by atoms with Gasteiger partial charge in [-0.05, 0) is 43.3 Å². The van der Waals surface area contributed by atoms with E-state index in [1.165, 1.54) is 4.68 Å². The third-order valence-electron chi connectivity index (χ3n) is 3.01. The van der Waals surface area contributed by atoms with Crippen LogP contribution in [0.2, 0.25) is 0 Å². The molecule has 2 heterocycles. The lowest BCUT2D eigenvalue weighted by Gasteiger charge is -2.03. The Kier molecular flexibility index (Phi) is 3.09. The first kappa shape index (κ1) is 12.8. The molecule has 2 aromatic heterocycles. The standard InChI is InChI=1S/C15H12N6/c1-10-2-3-12(8-16)15(19-10)21-9-18-14(20-21)11-4-6-13(17)7-5-11/h2-7,9H,17H2,1H3. The second-order valence-electron chi connectivity index (χ2n) is 4.57. The maximum Gasteiger partial charge on any atom is 0.181 e. The van der Waals surface area contributed by atoms with Gasteiger partial charge in [-0.2, -0.15) is 5.26 Å². The van der Waals surface area contributed by atoms with Gasteiger partial charge in [0.1, 0.15) is 12.4 Å². The molecule has 0 unspecified atom stereocenters. The first-order chi connectivity index (χ1) is 10.2. The van der Waals surface area contributed by atoms with Crippen LogP contribution in [0.4, 0.5) is 5.69 Å². The Morgan fingerprint density at radius 2 is 1.90 bits per heavy atom. The van der Waals surface area contributed by atoms with Crippen molar-refractivity contribution in [3.63, 3.8) is 0 Å². The molecule has 0 saturated heterocycles. The average Bonchev–Trinajstić information content (AvgIpc) is 2.97. The monoisotopic (exact) mass is 276 g/mol. The normalized spacial score (nSPS) is 10.3. The first-order valence-electron chi connectivity index (χ1n) is 6.33. The van der Waals surface area contributed by atoms with Crippen molar-refractivity contribution in [2.45, 2.75) is 6.92 Å². The molecule has 0 atom stereocenters. The van der Waals surface area contributed by atoms with E-state index in [2.05, 4.69) is 21.1 Å². The highest BCUT2D eigenvalue weighted by molar-refractivity contribution is 5.58. The first-order valence-corrected chi connectivity index (χ1v) is 6.33. The van der Waals surface area contributed by atoms with E-state index in [-0.39, 0.29) is 0 Å². The van der Waals surface area contributed by atoms with Crippen LogP contribution in [0.3, 0.4) is 0 Å². The summed E-state index contributed by atoms with van der Waals surface area (Å²) >= 11 is 0. The van der Waals surface area contributed by atoms with Crippen LogP contribution in [0.5, 0.6) is 0 Å². The number of hydrogen-bond acceptors (Lipinski definition) is 5. The summed E-state index contributed by atoms with van der Waals surface area (Å²) in [7, 11) is 0. The number of anilines is 1. The van der Waals surface area contributed by atoms with Gasteiger partial charge in [-0.15, -0.1) is 5.10 Å². The Morgan fingerprint density at radius 1 is 1.14 bits per heavy atom. The van der Waals surface area contributed by atoms with Gasteiger partial charge < -0.3 is 5.73 Å². The average molecular weight is 276 g/mol. The van der Waals surface area contributed by atoms with Gasteiger partial charge in [-0.25, -0.2) is 14.6 Å². The lowest BCUT2D eigenvalue weighted by Crippen LogP contribution is -2.03. The number of rotatable bonds is 2. The maximum absolute atomic E-state index is 9.16. The van der Waals surface area contributed by atoms with Crippen LogP contribution in [-0.2, 0) is 0 Å². The van der Waals surface area contributed by atoms with Gasteiger partial charge in [0.05, 0.1) is 5.56 Å². The molecule has 3 rings (SSSR count). The van der Waals surface area contributed by atoms with E-state index in [4.69, 9.17) is 11.0 Å². The molecular weight excluding hydrogens is 264 g/mol. The van der Waals surface area contributed by atoms with Gasteiger partial charge in [0.2, 0.25) is 0 Å². The summed E-state index contributed by atoms with van der Waals surface area (Å²) in [6, 6.07) is 12.9. The van der Waals surface area contributed by atoms with Crippen molar-refractivity contribution >= 4 is 5.69 Å². The minimum atomic E-state index is 0.453. The van der Waals surface area contributed by atoms with Crippen molar-refractivity contribution in [3.8, 4) is 23.3 Å². The molecule has 0 aliphatic carbocycles. The van der Waals surface area contributed by atoms with Crippen molar-refractivity contribution in [2.24, 2.45) is 0 Å². The molecule has 0 radical (unpaired) electrons. The number of benzene rings is 1. The van der Waals surface area contributed by atoms with Gasteiger partial charge in [-0.1, -0.05) is 0 Å². The predicted molar refractivity (Wildman–Crippen MR) is 78.5 cm³/mol. The smallest absolute Gasteiger partial charge is 0.181 e. The van der Waals surface area contributed by atoms with E-state index < -0.39 is 0 Å². The Labute approximate surface area is 121 Å². The third kappa shape index (κ3) is 2.44. The van der Waals surface area contributed by atoms with Gasteiger partial charge >= 0.3 is 0 Å². The van der Waals surface area contributed by atoms with Gasteiger partial charge in [0.25, 0.3) is 0 Å². The van der Waals surface area contributed by atoms with Crippen LogP contribution in [0.1, 0.15) is 11.3 Å². The summed E-state index contributed by atoms with van der Waals surface area (Å²) in [4.78, 5) is 8.61. The number of nitrogens with two attached hydrogens (primary N) is 1. The molecule has 0 fully saturated rings. The van der Waals surface area contributed by atoms with E-state index >= 15 is 0 Å². The number of nitrogens with zero attached hydrogens (tertiary/aromatic N) is 5.